The lowest BCUT2D eigenvalue weighted by Crippen LogP contribution is -2.47. The zero-order valence-electron chi connectivity index (χ0n) is 16.5. The van der Waals surface area contributed by atoms with Crippen LogP contribution < -0.4 is 10.6 Å². The van der Waals surface area contributed by atoms with Crippen LogP contribution in [0.2, 0.25) is 0 Å². The van der Waals surface area contributed by atoms with Gasteiger partial charge in [-0.05, 0) is 57.6 Å². The molecule has 2 aliphatic rings. The van der Waals surface area contributed by atoms with E-state index in [0.717, 1.165) is 54.4 Å². The van der Waals surface area contributed by atoms with Crippen molar-refractivity contribution in [1.82, 2.24) is 9.88 Å². The van der Waals surface area contributed by atoms with Crippen LogP contribution in [0.1, 0.15) is 37.7 Å². The van der Waals surface area contributed by atoms with Gasteiger partial charge in [-0.3, -0.25) is 4.90 Å². The number of aryl methyl sites for hydroxylation is 1. The van der Waals surface area contributed by atoms with Gasteiger partial charge in [0.05, 0.1) is 11.6 Å². The molecule has 0 atom stereocenters. The van der Waals surface area contributed by atoms with Crippen LogP contribution in [0, 0.1) is 12.8 Å². The van der Waals surface area contributed by atoms with Gasteiger partial charge in [-0.25, -0.2) is 4.98 Å². The molecule has 4 rings (SSSR count). The van der Waals surface area contributed by atoms with Crippen LogP contribution in [-0.2, 0) is 0 Å². The predicted molar refractivity (Wildman–Crippen MR) is 124 cm³/mol. The number of rotatable bonds is 4. The van der Waals surface area contributed by atoms with Gasteiger partial charge in [0.25, 0.3) is 0 Å². The van der Waals surface area contributed by atoms with Gasteiger partial charge in [0.1, 0.15) is 11.4 Å². The first-order chi connectivity index (χ1) is 12.2. The van der Waals surface area contributed by atoms with E-state index in [1.54, 1.807) is 6.26 Å². The molecule has 5 nitrogen and oxygen atoms in total. The second-order valence-electron chi connectivity index (χ2n) is 7.83. The van der Waals surface area contributed by atoms with Crippen molar-refractivity contribution in [3.8, 4) is 0 Å². The predicted octanol–water partition coefficient (Wildman–Crippen LogP) is 4.43. The van der Waals surface area contributed by atoms with Crippen LogP contribution in [0.15, 0.2) is 22.9 Å². The van der Waals surface area contributed by atoms with E-state index >= 15 is 0 Å². The largest absolute Gasteiger partial charge is 0.464 e. The highest BCUT2D eigenvalue weighted by Gasteiger charge is 2.23. The van der Waals surface area contributed by atoms with Gasteiger partial charge < -0.3 is 15.1 Å². The van der Waals surface area contributed by atoms with Crippen LogP contribution in [-0.4, -0.2) is 48.6 Å². The van der Waals surface area contributed by atoms with Crippen LogP contribution in [0.4, 0.5) is 5.82 Å². The molecule has 0 radical (unpaired) electrons. The smallest absolute Gasteiger partial charge is 0.142 e. The average molecular weight is 452 g/mol. The first kappa shape index (κ1) is 25.3. The topological polar surface area (TPSA) is 58.5 Å². The van der Waals surface area contributed by atoms with E-state index in [1.165, 1.54) is 38.6 Å². The van der Waals surface area contributed by atoms with Crippen molar-refractivity contribution >= 4 is 54.0 Å². The van der Waals surface area contributed by atoms with E-state index in [-0.39, 0.29) is 37.2 Å². The van der Waals surface area contributed by atoms with E-state index in [4.69, 9.17) is 10.2 Å². The summed E-state index contributed by atoms with van der Waals surface area (Å²) in [6.45, 7) is 7.63. The Morgan fingerprint density at radius 1 is 1.07 bits per heavy atom. The summed E-state index contributed by atoms with van der Waals surface area (Å²) >= 11 is 0. The van der Waals surface area contributed by atoms with E-state index in [1.807, 2.05) is 12.3 Å². The monoisotopic (exact) mass is 450 g/mol. The molecule has 1 aliphatic carbocycles. The third-order valence-corrected chi connectivity index (χ3v) is 6.06. The number of nitrogens with zero attached hydrogens (tertiary/aromatic N) is 3. The Kier molecular flexibility index (Phi) is 10.4. The number of hydrogen-bond donors (Lipinski definition) is 1. The molecule has 0 amide bonds. The van der Waals surface area contributed by atoms with Gasteiger partial charge in [0.15, 0.2) is 0 Å². The van der Waals surface area contributed by atoms with Crippen molar-refractivity contribution in [2.75, 3.05) is 37.6 Å². The molecule has 160 valence electrons. The minimum atomic E-state index is 0. The Hall–Kier alpha value is -0.720. The fourth-order valence-electron chi connectivity index (χ4n) is 4.35. The molecular weight excluding hydrogens is 419 g/mol. The maximum absolute atomic E-state index is 6.02. The lowest BCUT2D eigenvalue weighted by Gasteiger charge is -2.36. The second-order valence-corrected chi connectivity index (χ2v) is 7.83. The minimum Gasteiger partial charge on any atom is -0.464 e. The number of halogens is 3. The van der Waals surface area contributed by atoms with Gasteiger partial charge in [-0.2, -0.15) is 0 Å². The zero-order chi connectivity index (χ0) is 17.2. The molecule has 0 bridgehead atoms. The molecule has 2 aromatic rings. The number of nitrogens with two attached hydrogens (primary N) is 1. The van der Waals surface area contributed by atoms with Crippen molar-refractivity contribution < 1.29 is 4.42 Å². The average Bonchev–Trinajstić information content (AvgIpc) is 3.13. The van der Waals surface area contributed by atoms with Crippen molar-refractivity contribution in [2.45, 2.75) is 45.1 Å². The third-order valence-electron chi connectivity index (χ3n) is 6.06. The van der Waals surface area contributed by atoms with Crippen LogP contribution in [0.5, 0.6) is 0 Å². The molecule has 0 aromatic carbocycles. The lowest BCUT2D eigenvalue weighted by atomic mass is 9.84. The Labute approximate surface area is 186 Å². The van der Waals surface area contributed by atoms with E-state index < -0.39 is 0 Å². The van der Waals surface area contributed by atoms with Gasteiger partial charge in [0, 0.05) is 44.0 Å². The lowest BCUT2D eigenvalue weighted by molar-refractivity contribution is 0.216. The molecule has 1 aliphatic heterocycles. The van der Waals surface area contributed by atoms with E-state index in [0.29, 0.717) is 6.04 Å². The zero-order valence-corrected chi connectivity index (χ0v) is 19.0. The standard InChI is InChI=1S/C20H30N4O.3ClH/c1-15-14-22-20(18-7-13-25-19(15)18)24-11-9-23(10-12-24)8-6-16-2-4-17(21)5-3-16;;;/h7,13-14,16-17H,2-6,8-12,21H2,1H3;3*1H/t16-,17-;;;. The fourth-order valence-corrected chi connectivity index (χ4v) is 4.35. The van der Waals surface area contributed by atoms with Crippen molar-refractivity contribution in [2.24, 2.45) is 11.7 Å². The Morgan fingerprint density at radius 3 is 2.43 bits per heavy atom. The number of pyridine rings is 1. The number of anilines is 1. The van der Waals surface area contributed by atoms with Gasteiger partial charge >= 0.3 is 0 Å². The first-order valence-electron chi connectivity index (χ1n) is 9.76. The third kappa shape index (κ3) is 5.67. The summed E-state index contributed by atoms with van der Waals surface area (Å²) in [5.41, 5.74) is 8.10. The summed E-state index contributed by atoms with van der Waals surface area (Å²) in [6.07, 6.45) is 10.1. The molecular formula is C20H33Cl3N4O. The highest BCUT2D eigenvalue weighted by Crippen LogP contribution is 2.29. The molecule has 2 fully saturated rings. The highest BCUT2D eigenvalue weighted by molar-refractivity contribution is 5.90. The Morgan fingerprint density at radius 2 is 1.75 bits per heavy atom. The summed E-state index contributed by atoms with van der Waals surface area (Å²) in [4.78, 5) is 9.72. The number of furan rings is 1. The van der Waals surface area contributed by atoms with Crippen molar-refractivity contribution in [3.63, 3.8) is 0 Å². The molecule has 2 N–H and O–H groups in total. The SMILES string of the molecule is Cc1cnc(N2CCN(CC[C@H]3CC[C@H](N)CC3)CC2)c2ccoc12.Cl.Cl.Cl. The number of fused-ring (bicyclic) bond motifs is 1. The summed E-state index contributed by atoms with van der Waals surface area (Å²) in [6, 6.07) is 2.51. The van der Waals surface area contributed by atoms with Gasteiger partial charge in [0.2, 0.25) is 0 Å². The van der Waals surface area contributed by atoms with Gasteiger partial charge in [-0.15, -0.1) is 37.2 Å². The van der Waals surface area contributed by atoms with Gasteiger partial charge in [-0.1, -0.05) is 0 Å². The quantitative estimate of drug-likeness (QED) is 0.745. The molecule has 3 heterocycles. The second kappa shape index (κ2) is 11.5. The maximum Gasteiger partial charge on any atom is 0.142 e. The van der Waals surface area contributed by atoms with Crippen LogP contribution in [0.25, 0.3) is 11.0 Å². The van der Waals surface area contributed by atoms with Crippen molar-refractivity contribution in [3.05, 3.63) is 24.1 Å². The Bertz CT molecular complexity index is 711. The fraction of sp³-hybridized carbons (Fsp3) is 0.650. The molecule has 1 saturated heterocycles. The Balaban J connectivity index is 0.00000131. The maximum atomic E-state index is 6.02. The molecule has 28 heavy (non-hydrogen) atoms. The first-order valence-corrected chi connectivity index (χ1v) is 9.76. The van der Waals surface area contributed by atoms with Crippen LogP contribution >= 0.6 is 37.2 Å². The van der Waals surface area contributed by atoms with E-state index in [9.17, 15) is 0 Å². The number of piperazine rings is 1. The molecule has 0 unspecified atom stereocenters. The van der Waals surface area contributed by atoms with Crippen LogP contribution in [0.3, 0.4) is 0 Å². The highest BCUT2D eigenvalue weighted by atomic mass is 35.5. The number of hydrogen-bond acceptors (Lipinski definition) is 5. The summed E-state index contributed by atoms with van der Waals surface area (Å²) in [5.74, 6) is 1.97. The molecule has 2 aromatic heterocycles. The molecule has 1 saturated carbocycles. The molecule has 0 spiro atoms. The molecule has 8 heteroatoms. The normalized spacial score (nSPS) is 22.9. The summed E-state index contributed by atoms with van der Waals surface area (Å²) in [7, 11) is 0. The summed E-state index contributed by atoms with van der Waals surface area (Å²) in [5, 5.41) is 1.15. The summed E-state index contributed by atoms with van der Waals surface area (Å²) < 4.78 is 5.63. The minimum absolute atomic E-state index is 0. The van der Waals surface area contributed by atoms with E-state index in [2.05, 4.69) is 21.7 Å². The number of aromatic nitrogens is 1. The van der Waals surface area contributed by atoms with Crippen molar-refractivity contribution in [1.29, 1.82) is 0 Å².